The van der Waals surface area contributed by atoms with Gasteiger partial charge in [-0.05, 0) is 40.9 Å². The highest BCUT2D eigenvalue weighted by Crippen LogP contribution is 2.26. The fraction of sp³-hybridized carbons (Fsp3) is 0.393. The average molecular weight is 451 g/mol. The maximum atomic E-state index is 11.7. The molecule has 0 heterocycles. The standard InChI is InChI=1S/C28H38O3Si/c1-5-6-7-14-22-31-32(26-17-10-8-11-18-26,27-19-12-9-13-20-27)28(24(2)23-30-4)21-15-16-25(3)29/h8-13,17-21H,2,5-7,14-16,22-23H2,1,3-4H3/b28-21-. The molecule has 0 saturated carbocycles. The fourth-order valence-electron chi connectivity index (χ4n) is 4.03. The van der Waals surface area contributed by atoms with Gasteiger partial charge in [-0.2, -0.15) is 0 Å². The molecule has 32 heavy (non-hydrogen) atoms. The molecule has 0 spiro atoms. The van der Waals surface area contributed by atoms with Gasteiger partial charge in [0.05, 0.1) is 6.61 Å². The van der Waals surface area contributed by atoms with Gasteiger partial charge < -0.3 is 14.0 Å². The summed E-state index contributed by atoms with van der Waals surface area (Å²) in [5, 5.41) is 3.48. The Hall–Kier alpha value is -2.27. The van der Waals surface area contributed by atoms with E-state index < -0.39 is 8.32 Å². The molecule has 0 aliphatic carbocycles. The van der Waals surface area contributed by atoms with Gasteiger partial charge in [-0.3, -0.25) is 0 Å². The smallest absolute Gasteiger partial charge is 0.288 e. The number of Topliss-reactive ketones (excluding diaryl/α,β-unsaturated/α-hetero) is 1. The normalized spacial score (nSPS) is 12.0. The number of hydrogen-bond acceptors (Lipinski definition) is 3. The van der Waals surface area contributed by atoms with Gasteiger partial charge in [0.25, 0.3) is 8.32 Å². The lowest BCUT2D eigenvalue weighted by atomic mass is 10.2. The van der Waals surface area contributed by atoms with E-state index in [1.54, 1.807) is 14.0 Å². The molecular weight excluding hydrogens is 412 g/mol. The minimum atomic E-state index is -2.84. The summed E-state index contributed by atoms with van der Waals surface area (Å²) in [5.41, 5.74) is 0.920. The van der Waals surface area contributed by atoms with Gasteiger partial charge in [0.2, 0.25) is 0 Å². The Morgan fingerprint density at radius 3 is 2.06 bits per heavy atom. The monoisotopic (exact) mass is 450 g/mol. The molecule has 3 nitrogen and oxygen atoms in total. The zero-order valence-corrected chi connectivity index (χ0v) is 20.9. The van der Waals surface area contributed by atoms with E-state index in [9.17, 15) is 4.79 Å². The second kappa shape index (κ2) is 14.0. The maximum absolute atomic E-state index is 11.7. The van der Waals surface area contributed by atoms with Gasteiger partial charge >= 0.3 is 0 Å². The first-order valence-electron chi connectivity index (χ1n) is 11.7. The van der Waals surface area contributed by atoms with Crippen LogP contribution < -0.4 is 10.4 Å². The van der Waals surface area contributed by atoms with E-state index in [1.165, 1.54) is 23.2 Å². The molecule has 2 aromatic rings. The third-order valence-electron chi connectivity index (χ3n) is 5.60. The number of unbranched alkanes of at least 4 members (excludes halogenated alkanes) is 3. The van der Waals surface area contributed by atoms with Crippen LogP contribution in [0.1, 0.15) is 52.4 Å². The Balaban J connectivity index is 2.65. The second-order valence-corrected chi connectivity index (χ2v) is 11.6. The van der Waals surface area contributed by atoms with E-state index in [4.69, 9.17) is 9.16 Å². The number of ketones is 1. The van der Waals surface area contributed by atoms with Crippen molar-refractivity contribution in [3.63, 3.8) is 0 Å². The number of hydrogen-bond donors (Lipinski definition) is 0. The summed E-state index contributed by atoms with van der Waals surface area (Å²) in [6.07, 6.45) is 7.95. The molecule has 0 aliphatic rings. The second-order valence-electron chi connectivity index (χ2n) is 8.22. The van der Waals surface area contributed by atoms with E-state index in [0.717, 1.165) is 23.6 Å². The van der Waals surface area contributed by atoms with Crippen molar-refractivity contribution in [1.82, 2.24) is 0 Å². The van der Waals surface area contributed by atoms with E-state index in [1.807, 2.05) is 12.1 Å². The van der Waals surface area contributed by atoms with Crippen LogP contribution >= 0.6 is 0 Å². The van der Waals surface area contributed by atoms with Crippen molar-refractivity contribution in [3.8, 4) is 0 Å². The molecular formula is C28H38O3Si. The molecule has 0 radical (unpaired) electrons. The van der Waals surface area contributed by atoms with E-state index in [2.05, 4.69) is 68.1 Å². The molecule has 0 fully saturated rings. The maximum Gasteiger partial charge on any atom is 0.288 e. The summed E-state index contributed by atoms with van der Waals surface area (Å²) in [4.78, 5) is 11.7. The van der Waals surface area contributed by atoms with Crippen LogP contribution in [0.25, 0.3) is 0 Å². The zero-order chi connectivity index (χ0) is 23.2. The van der Waals surface area contributed by atoms with Crippen LogP contribution in [-0.2, 0) is 14.0 Å². The predicted molar refractivity (Wildman–Crippen MR) is 137 cm³/mol. The van der Waals surface area contributed by atoms with E-state index in [-0.39, 0.29) is 5.78 Å². The summed E-state index contributed by atoms with van der Waals surface area (Å²) in [6, 6.07) is 21.1. The Kier molecular flexibility index (Phi) is 11.4. The van der Waals surface area contributed by atoms with Crippen LogP contribution in [-0.4, -0.2) is 34.4 Å². The van der Waals surface area contributed by atoms with Crippen LogP contribution in [0.4, 0.5) is 0 Å². The first kappa shape index (κ1) is 26.0. The van der Waals surface area contributed by atoms with Gasteiger partial charge in [-0.1, -0.05) is 99.5 Å². The van der Waals surface area contributed by atoms with Gasteiger partial charge in [-0.25, -0.2) is 0 Å². The largest absolute Gasteiger partial charge is 0.404 e. The summed E-state index contributed by atoms with van der Waals surface area (Å²) in [7, 11) is -1.15. The summed E-state index contributed by atoms with van der Waals surface area (Å²) in [5.74, 6) is 0.185. The topological polar surface area (TPSA) is 35.5 Å². The number of carbonyl (C=O) groups is 1. The van der Waals surface area contributed by atoms with Crippen molar-refractivity contribution >= 4 is 24.5 Å². The molecule has 0 N–H and O–H groups in total. The molecule has 0 atom stereocenters. The average Bonchev–Trinajstić information content (AvgIpc) is 2.81. The summed E-state index contributed by atoms with van der Waals surface area (Å²) < 4.78 is 12.5. The van der Waals surface area contributed by atoms with Crippen molar-refractivity contribution in [2.45, 2.75) is 52.4 Å². The highest BCUT2D eigenvalue weighted by atomic mass is 28.4. The first-order chi connectivity index (χ1) is 15.6. The molecule has 0 aliphatic heterocycles. The van der Waals surface area contributed by atoms with Crippen molar-refractivity contribution in [2.24, 2.45) is 0 Å². The highest BCUT2D eigenvalue weighted by molar-refractivity contribution is 7.03. The summed E-state index contributed by atoms with van der Waals surface area (Å²) in [6.45, 7) is 9.38. The lowest BCUT2D eigenvalue weighted by Crippen LogP contribution is -2.63. The van der Waals surface area contributed by atoms with Crippen molar-refractivity contribution in [1.29, 1.82) is 0 Å². The third-order valence-corrected chi connectivity index (χ3v) is 9.85. The molecule has 4 heteroatoms. The Labute approximate surface area is 195 Å². The quantitative estimate of drug-likeness (QED) is 0.208. The zero-order valence-electron chi connectivity index (χ0n) is 19.9. The molecule has 2 rings (SSSR count). The number of allylic oxidation sites excluding steroid dienone is 1. The molecule has 0 aromatic heterocycles. The van der Waals surface area contributed by atoms with Crippen LogP contribution in [0.15, 0.2) is 84.1 Å². The highest BCUT2D eigenvalue weighted by Gasteiger charge is 2.44. The van der Waals surface area contributed by atoms with E-state index >= 15 is 0 Å². The van der Waals surface area contributed by atoms with Crippen molar-refractivity contribution in [2.75, 3.05) is 20.3 Å². The Bertz CT molecular complexity index is 819. The predicted octanol–water partition coefficient (Wildman–Crippen LogP) is 5.38. The first-order valence-corrected chi connectivity index (χ1v) is 13.6. The number of rotatable bonds is 15. The van der Waals surface area contributed by atoms with Crippen molar-refractivity contribution in [3.05, 3.63) is 84.1 Å². The Morgan fingerprint density at radius 1 is 0.969 bits per heavy atom. The lowest BCUT2D eigenvalue weighted by molar-refractivity contribution is -0.116. The van der Waals surface area contributed by atoms with Gasteiger partial charge in [-0.15, -0.1) is 0 Å². The SMILES string of the molecule is C=C(COC)/C(=C/CCC(C)=O)[Si](OCCCCCC)(c1ccccc1)c1ccccc1. The molecule has 0 saturated heterocycles. The lowest BCUT2D eigenvalue weighted by Gasteiger charge is -2.36. The van der Waals surface area contributed by atoms with Crippen LogP contribution in [0.3, 0.4) is 0 Å². The van der Waals surface area contributed by atoms with Gasteiger partial charge in [0, 0.05) is 20.1 Å². The summed E-state index contributed by atoms with van der Waals surface area (Å²) >= 11 is 0. The molecule has 2 aromatic carbocycles. The van der Waals surface area contributed by atoms with Crippen molar-refractivity contribution < 1.29 is 14.0 Å². The third kappa shape index (κ3) is 7.12. The Morgan fingerprint density at radius 2 is 1.56 bits per heavy atom. The minimum Gasteiger partial charge on any atom is -0.404 e. The fourth-order valence-corrected chi connectivity index (χ4v) is 8.25. The molecule has 172 valence electrons. The van der Waals surface area contributed by atoms with Crippen LogP contribution in [0.2, 0.25) is 0 Å². The number of carbonyl (C=O) groups excluding carboxylic acids is 1. The van der Waals surface area contributed by atoms with Gasteiger partial charge in [0.1, 0.15) is 5.78 Å². The van der Waals surface area contributed by atoms with Crippen LogP contribution in [0, 0.1) is 0 Å². The molecule has 0 unspecified atom stereocenters. The van der Waals surface area contributed by atoms with Crippen LogP contribution in [0.5, 0.6) is 0 Å². The number of methoxy groups -OCH3 is 1. The number of ether oxygens (including phenoxy) is 1. The molecule has 0 bridgehead atoms. The van der Waals surface area contributed by atoms with E-state index in [0.29, 0.717) is 26.1 Å². The number of benzene rings is 2. The van der Waals surface area contributed by atoms with Gasteiger partial charge in [0.15, 0.2) is 0 Å². The molecule has 0 amide bonds. The minimum absolute atomic E-state index is 0.185.